The zero-order valence-electron chi connectivity index (χ0n) is 8.97. The van der Waals surface area contributed by atoms with E-state index in [4.69, 9.17) is 10.8 Å². The smallest absolute Gasteiger partial charge is 0.326 e. The van der Waals surface area contributed by atoms with Crippen LogP contribution in [0, 0.1) is 0 Å². The molecule has 0 aliphatic heterocycles. The van der Waals surface area contributed by atoms with Gasteiger partial charge in [0.05, 0.1) is 0 Å². The highest BCUT2D eigenvalue weighted by atomic mass is 16.4. The van der Waals surface area contributed by atoms with Crippen molar-refractivity contribution in [1.82, 2.24) is 0 Å². The number of nitrogens with two attached hydrogens (primary N) is 1. The second-order valence-corrected chi connectivity index (χ2v) is 3.40. The van der Waals surface area contributed by atoms with Crippen LogP contribution in [0.4, 0.5) is 11.4 Å². The second-order valence-electron chi connectivity index (χ2n) is 3.40. The first kappa shape index (κ1) is 11.4. The minimum absolute atomic E-state index is 0.545. The van der Waals surface area contributed by atoms with Crippen LogP contribution < -0.4 is 10.6 Å². The Morgan fingerprint density at radius 1 is 1.60 bits per heavy atom. The highest BCUT2D eigenvalue weighted by molar-refractivity contribution is 5.78. The van der Waals surface area contributed by atoms with Gasteiger partial charge in [0.15, 0.2) is 0 Å². The van der Waals surface area contributed by atoms with Crippen molar-refractivity contribution in [2.75, 3.05) is 17.2 Å². The first-order valence-electron chi connectivity index (χ1n) is 4.91. The van der Waals surface area contributed by atoms with Gasteiger partial charge >= 0.3 is 5.97 Å². The van der Waals surface area contributed by atoms with Crippen LogP contribution in [0.2, 0.25) is 0 Å². The molecule has 0 radical (unpaired) electrons. The van der Waals surface area contributed by atoms with Crippen molar-refractivity contribution in [3.63, 3.8) is 0 Å². The summed E-state index contributed by atoms with van der Waals surface area (Å²) in [5.41, 5.74) is 7.14. The molecular weight excluding hydrogens is 192 g/mol. The van der Waals surface area contributed by atoms with Gasteiger partial charge in [0.1, 0.15) is 6.04 Å². The van der Waals surface area contributed by atoms with E-state index in [0.717, 1.165) is 5.69 Å². The fourth-order valence-corrected chi connectivity index (χ4v) is 1.52. The van der Waals surface area contributed by atoms with Gasteiger partial charge in [0.25, 0.3) is 0 Å². The Balaban J connectivity index is 2.97. The Labute approximate surface area is 89.3 Å². The Hall–Kier alpha value is -1.71. The van der Waals surface area contributed by atoms with E-state index in [1.54, 1.807) is 24.0 Å². The first-order chi connectivity index (χ1) is 7.06. The molecule has 1 atom stereocenters. The molecule has 15 heavy (non-hydrogen) atoms. The minimum atomic E-state index is -0.834. The molecule has 3 N–H and O–H groups in total. The van der Waals surface area contributed by atoms with Crippen molar-refractivity contribution in [3.8, 4) is 0 Å². The normalized spacial score (nSPS) is 12.1. The highest BCUT2D eigenvalue weighted by Gasteiger charge is 2.19. The molecule has 82 valence electrons. The number of nitrogens with zero attached hydrogens (tertiary/aromatic N) is 1. The number of carboxylic acids is 1. The summed E-state index contributed by atoms with van der Waals surface area (Å²) in [7, 11) is 0. The number of likely N-dealkylation sites (N-methyl/N-ethyl adjacent to an activating group) is 1. The van der Waals surface area contributed by atoms with Gasteiger partial charge in [-0.3, -0.25) is 0 Å². The SMILES string of the molecule is CCN(c1cccc(N)c1)[C@@H](C)C(=O)O. The number of carboxylic acid groups (broad SMARTS) is 1. The summed E-state index contributed by atoms with van der Waals surface area (Å²) in [5.74, 6) is -0.834. The van der Waals surface area contributed by atoms with Crippen LogP contribution in [0.15, 0.2) is 24.3 Å². The van der Waals surface area contributed by atoms with Crippen molar-refractivity contribution < 1.29 is 9.90 Å². The van der Waals surface area contributed by atoms with Crippen molar-refractivity contribution >= 4 is 17.3 Å². The quantitative estimate of drug-likeness (QED) is 0.737. The monoisotopic (exact) mass is 208 g/mol. The van der Waals surface area contributed by atoms with Gasteiger partial charge in [0, 0.05) is 17.9 Å². The largest absolute Gasteiger partial charge is 0.480 e. The molecule has 1 rings (SSSR count). The van der Waals surface area contributed by atoms with Gasteiger partial charge in [-0.15, -0.1) is 0 Å². The standard InChI is InChI=1S/C11H16N2O2/c1-3-13(8(2)11(14)15)10-6-4-5-9(12)7-10/h4-8H,3,12H2,1-2H3,(H,14,15)/t8-/m0/s1. The van der Waals surface area contributed by atoms with E-state index < -0.39 is 12.0 Å². The lowest BCUT2D eigenvalue weighted by molar-refractivity contribution is -0.138. The predicted octanol–water partition coefficient (Wildman–Crippen LogP) is 1.57. The Bertz CT molecular complexity index is 352. The van der Waals surface area contributed by atoms with Gasteiger partial charge in [0.2, 0.25) is 0 Å². The van der Waals surface area contributed by atoms with Gasteiger partial charge in [-0.1, -0.05) is 6.07 Å². The van der Waals surface area contributed by atoms with E-state index >= 15 is 0 Å². The molecule has 4 heteroatoms. The number of anilines is 2. The van der Waals surface area contributed by atoms with Gasteiger partial charge < -0.3 is 15.7 Å². The number of carbonyl (C=O) groups is 1. The van der Waals surface area contributed by atoms with E-state index in [2.05, 4.69) is 0 Å². The zero-order chi connectivity index (χ0) is 11.4. The van der Waals surface area contributed by atoms with Crippen LogP contribution >= 0.6 is 0 Å². The van der Waals surface area contributed by atoms with Crippen LogP contribution in [-0.4, -0.2) is 23.7 Å². The lowest BCUT2D eigenvalue weighted by atomic mass is 10.2. The third-order valence-electron chi connectivity index (χ3n) is 2.37. The summed E-state index contributed by atoms with van der Waals surface area (Å²) in [5, 5.41) is 8.94. The summed E-state index contributed by atoms with van der Waals surface area (Å²) in [6.07, 6.45) is 0. The maximum Gasteiger partial charge on any atom is 0.326 e. The van der Waals surface area contributed by atoms with E-state index in [0.29, 0.717) is 12.2 Å². The molecule has 0 unspecified atom stereocenters. The average Bonchev–Trinajstić information content (AvgIpc) is 2.18. The molecule has 0 spiro atoms. The molecule has 0 heterocycles. The zero-order valence-corrected chi connectivity index (χ0v) is 8.97. The number of aliphatic carboxylic acids is 1. The van der Waals surface area contributed by atoms with Crippen LogP contribution in [0.25, 0.3) is 0 Å². The van der Waals surface area contributed by atoms with Gasteiger partial charge in [-0.2, -0.15) is 0 Å². The van der Waals surface area contributed by atoms with E-state index in [1.165, 1.54) is 0 Å². The summed E-state index contributed by atoms with van der Waals surface area (Å²) < 4.78 is 0. The minimum Gasteiger partial charge on any atom is -0.480 e. The summed E-state index contributed by atoms with van der Waals surface area (Å²) in [6.45, 7) is 4.22. The van der Waals surface area contributed by atoms with E-state index in [9.17, 15) is 4.79 Å². The van der Waals surface area contributed by atoms with Crippen molar-refractivity contribution in [3.05, 3.63) is 24.3 Å². The highest BCUT2D eigenvalue weighted by Crippen LogP contribution is 2.19. The third-order valence-corrected chi connectivity index (χ3v) is 2.37. The summed E-state index contributed by atoms with van der Waals surface area (Å²) in [4.78, 5) is 12.7. The fourth-order valence-electron chi connectivity index (χ4n) is 1.52. The molecule has 4 nitrogen and oxygen atoms in total. The van der Waals surface area contributed by atoms with E-state index in [-0.39, 0.29) is 0 Å². The molecule has 0 saturated heterocycles. The third kappa shape index (κ3) is 2.62. The Morgan fingerprint density at radius 3 is 2.73 bits per heavy atom. The topological polar surface area (TPSA) is 66.6 Å². The number of rotatable bonds is 4. The maximum absolute atomic E-state index is 10.9. The van der Waals surface area contributed by atoms with Crippen LogP contribution in [0.1, 0.15) is 13.8 Å². The number of nitrogen functional groups attached to an aromatic ring is 1. The molecular formula is C11H16N2O2. The molecule has 0 aliphatic rings. The van der Waals surface area contributed by atoms with Crippen molar-refractivity contribution in [2.24, 2.45) is 0 Å². The number of hydrogen-bond acceptors (Lipinski definition) is 3. The van der Waals surface area contributed by atoms with Crippen LogP contribution in [0.5, 0.6) is 0 Å². The number of hydrogen-bond donors (Lipinski definition) is 2. The Morgan fingerprint density at radius 2 is 2.27 bits per heavy atom. The van der Waals surface area contributed by atoms with E-state index in [1.807, 2.05) is 19.1 Å². The lowest BCUT2D eigenvalue weighted by Crippen LogP contribution is -2.38. The summed E-state index contributed by atoms with van der Waals surface area (Å²) in [6, 6.07) is 6.70. The van der Waals surface area contributed by atoms with Gasteiger partial charge in [-0.05, 0) is 32.0 Å². The van der Waals surface area contributed by atoms with Crippen molar-refractivity contribution in [2.45, 2.75) is 19.9 Å². The van der Waals surface area contributed by atoms with Crippen LogP contribution in [-0.2, 0) is 4.79 Å². The van der Waals surface area contributed by atoms with Crippen molar-refractivity contribution in [1.29, 1.82) is 0 Å². The molecule has 0 aromatic heterocycles. The maximum atomic E-state index is 10.9. The molecule has 1 aromatic carbocycles. The van der Waals surface area contributed by atoms with Gasteiger partial charge in [-0.25, -0.2) is 4.79 Å². The molecule has 0 bridgehead atoms. The molecule has 1 aromatic rings. The summed E-state index contributed by atoms with van der Waals surface area (Å²) >= 11 is 0. The predicted molar refractivity (Wildman–Crippen MR) is 61.0 cm³/mol. The Kier molecular flexibility index (Phi) is 3.55. The first-order valence-corrected chi connectivity index (χ1v) is 4.91. The molecule has 0 aliphatic carbocycles. The molecule has 0 fully saturated rings. The lowest BCUT2D eigenvalue weighted by Gasteiger charge is -2.27. The average molecular weight is 208 g/mol. The second kappa shape index (κ2) is 4.68. The van der Waals surface area contributed by atoms with Crippen LogP contribution in [0.3, 0.4) is 0 Å². The molecule has 0 amide bonds. The number of benzene rings is 1. The molecule has 0 saturated carbocycles. The fraction of sp³-hybridized carbons (Fsp3) is 0.364.